The van der Waals surface area contributed by atoms with Crippen LogP contribution in [0, 0.1) is 0 Å². The molecule has 1 aliphatic rings. The first-order chi connectivity index (χ1) is 12.4. The van der Waals surface area contributed by atoms with Crippen molar-refractivity contribution in [2.75, 3.05) is 13.7 Å². The Morgan fingerprint density at radius 2 is 2.04 bits per heavy atom. The molecule has 0 spiro atoms. The summed E-state index contributed by atoms with van der Waals surface area (Å²) in [6.07, 6.45) is 2.91. The molecule has 1 aromatic carbocycles. The number of methoxy groups -OCH3 is 1. The van der Waals surface area contributed by atoms with Gasteiger partial charge in [0.05, 0.1) is 12.7 Å². The lowest BCUT2D eigenvalue weighted by Gasteiger charge is -2.35. The van der Waals surface area contributed by atoms with Crippen LogP contribution < -0.4 is 14.8 Å². The van der Waals surface area contributed by atoms with Gasteiger partial charge in [-0.2, -0.15) is 0 Å². The molecule has 1 atom stereocenters. The maximum Gasteiger partial charge on any atom is 0.273 e. The van der Waals surface area contributed by atoms with Crippen LogP contribution in [-0.4, -0.2) is 36.3 Å². The van der Waals surface area contributed by atoms with Crippen molar-refractivity contribution in [3.05, 3.63) is 42.1 Å². The average molecular weight is 360 g/mol. The van der Waals surface area contributed by atoms with Gasteiger partial charge < -0.3 is 23.9 Å². The predicted octanol–water partition coefficient (Wildman–Crippen LogP) is 2.95. The first-order valence-electron chi connectivity index (χ1n) is 8.61. The van der Waals surface area contributed by atoms with Crippen LogP contribution in [0.5, 0.6) is 11.5 Å². The number of carbonyl (C=O) groups is 1. The van der Waals surface area contributed by atoms with Crippen LogP contribution in [0.2, 0.25) is 0 Å². The minimum atomic E-state index is -0.243. The molecular weight excluding hydrogens is 336 g/mol. The lowest BCUT2D eigenvalue weighted by atomic mass is 9.94. The van der Waals surface area contributed by atoms with Crippen molar-refractivity contribution >= 4 is 5.91 Å². The van der Waals surface area contributed by atoms with Gasteiger partial charge in [-0.15, -0.1) is 0 Å². The fraction of sp³-hybridized carbons (Fsp3) is 0.474. The Morgan fingerprint density at radius 3 is 2.73 bits per heavy atom. The molecule has 0 saturated carbocycles. The third-order valence-corrected chi connectivity index (χ3v) is 4.24. The molecule has 1 amide bonds. The maximum atomic E-state index is 12.4. The highest BCUT2D eigenvalue weighted by atomic mass is 16.5. The SMILES string of the molecule is COc1ccc(OCc2nc(C(=O)N[C@@H]3CCOC(C)(C)C3)co2)cc1. The molecule has 0 unspecified atom stereocenters. The van der Waals surface area contributed by atoms with Crippen LogP contribution >= 0.6 is 0 Å². The lowest BCUT2D eigenvalue weighted by Crippen LogP contribution is -2.45. The van der Waals surface area contributed by atoms with Crippen LogP contribution in [0.3, 0.4) is 0 Å². The van der Waals surface area contributed by atoms with Crippen molar-refractivity contribution in [2.45, 2.75) is 44.9 Å². The van der Waals surface area contributed by atoms with Gasteiger partial charge in [-0.3, -0.25) is 4.79 Å². The summed E-state index contributed by atoms with van der Waals surface area (Å²) in [5, 5.41) is 2.99. The molecule has 1 aliphatic heterocycles. The minimum Gasteiger partial charge on any atom is -0.497 e. The topological polar surface area (TPSA) is 82.8 Å². The fourth-order valence-electron chi connectivity index (χ4n) is 2.91. The normalized spacial score (nSPS) is 19.0. The zero-order valence-electron chi connectivity index (χ0n) is 15.3. The van der Waals surface area contributed by atoms with E-state index in [4.69, 9.17) is 18.6 Å². The van der Waals surface area contributed by atoms with Gasteiger partial charge in [-0.1, -0.05) is 0 Å². The summed E-state index contributed by atoms with van der Waals surface area (Å²) in [5.74, 6) is 1.52. The molecule has 140 valence electrons. The molecular formula is C19H24N2O5. The number of hydrogen-bond donors (Lipinski definition) is 1. The summed E-state index contributed by atoms with van der Waals surface area (Å²) in [6, 6.07) is 7.27. The van der Waals surface area contributed by atoms with Gasteiger partial charge in [0.1, 0.15) is 17.8 Å². The largest absolute Gasteiger partial charge is 0.497 e. The van der Waals surface area contributed by atoms with Gasteiger partial charge in [0.25, 0.3) is 5.91 Å². The molecule has 2 aromatic rings. The first-order valence-corrected chi connectivity index (χ1v) is 8.61. The Labute approximate surface area is 152 Å². The Bertz CT molecular complexity index is 739. The first kappa shape index (κ1) is 18.3. The molecule has 0 bridgehead atoms. The number of carbonyl (C=O) groups excluding carboxylic acids is 1. The molecule has 0 radical (unpaired) electrons. The van der Waals surface area contributed by atoms with E-state index in [1.54, 1.807) is 31.4 Å². The van der Waals surface area contributed by atoms with Gasteiger partial charge in [0.15, 0.2) is 12.3 Å². The van der Waals surface area contributed by atoms with Gasteiger partial charge in [-0.25, -0.2) is 4.98 Å². The van der Waals surface area contributed by atoms with E-state index in [9.17, 15) is 4.79 Å². The molecule has 1 N–H and O–H groups in total. The Balaban J connectivity index is 1.52. The highest BCUT2D eigenvalue weighted by molar-refractivity contribution is 5.92. The Morgan fingerprint density at radius 1 is 1.31 bits per heavy atom. The quantitative estimate of drug-likeness (QED) is 0.853. The third-order valence-electron chi connectivity index (χ3n) is 4.24. The monoisotopic (exact) mass is 360 g/mol. The summed E-state index contributed by atoms with van der Waals surface area (Å²) >= 11 is 0. The van der Waals surface area contributed by atoms with Gasteiger partial charge >= 0.3 is 0 Å². The van der Waals surface area contributed by atoms with Crippen molar-refractivity contribution in [1.29, 1.82) is 0 Å². The van der Waals surface area contributed by atoms with Gasteiger partial charge in [-0.05, 0) is 51.0 Å². The summed E-state index contributed by atoms with van der Waals surface area (Å²) in [4.78, 5) is 16.6. The van der Waals surface area contributed by atoms with Crippen molar-refractivity contribution in [2.24, 2.45) is 0 Å². The summed E-state index contributed by atoms with van der Waals surface area (Å²) < 4.78 is 21.7. The van der Waals surface area contributed by atoms with Crippen molar-refractivity contribution in [1.82, 2.24) is 10.3 Å². The number of nitrogens with one attached hydrogen (secondary N) is 1. The molecule has 1 aromatic heterocycles. The maximum absolute atomic E-state index is 12.4. The predicted molar refractivity (Wildman–Crippen MR) is 94.3 cm³/mol. The van der Waals surface area contributed by atoms with Crippen LogP contribution in [0.15, 0.2) is 34.9 Å². The second-order valence-corrected chi connectivity index (χ2v) is 6.86. The number of rotatable bonds is 6. The third kappa shape index (κ3) is 4.76. The van der Waals surface area contributed by atoms with Crippen molar-refractivity contribution < 1.29 is 23.4 Å². The van der Waals surface area contributed by atoms with E-state index in [-0.39, 0.29) is 29.9 Å². The fourth-order valence-corrected chi connectivity index (χ4v) is 2.91. The average Bonchev–Trinajstić information content (AvgIpc) is 3.09. The number of benzene rings is 1. The van der Waals surface area contributed by atoms with E-state index in [1.165, 1.54) is 6.26 Å². The molecule has 1 fully saturated rings. The van der Waals surface area contributed by atoms with E-state index < -0.39 is 0 Å². The summed E-state index contributed by atoms with van der Waals surface area (Å²) in [6.45, 7) is 4.83. The zero-order valence-corrected chi connectivity index (χ0v) is 15.3. The number of amides is 1. The van der Waals surface area contributed by atoms with Crippen molar-refractivity contribution in [3.8, 4) is 11.5 Å². The molecule has 0 aliphatic carbocycles. The highest BCUT2D eigenvalue weighted by Crippen LogP contribution is 2.24. The molecule has 3 rings (SSSR count). The second kappa shape index (κ2) is 7.78. The summed E-state index contributed by atoms with van der Waals surface area (Å²) in [5.41, 5.74) is 0.0276. The van der Waals surface area contributed by atoms with Crippen LogP contribution in [0.1, 0.15) is 43.1 Å². The molecule has 7 nitrogen and oxygen atoms in total. The van der Waals surface area contributed by atoms with E-state index in [2.05, 4.69) is 10.3 Å². The zero-order chi connectivity index (χ0) is 18.6. The molecule has 26 heavy (non-hydrogen) atoms. The lowest BCUT2D eigenvalue weighted by molar-refractivity contribution is -0.0615. The molecule has 2 heterocycles. The molecule has 1 saturated heterocycles. The Hall–Kier alpha value is -2.54. The smallest absolute Gasteiger partial charge is 0.273 e. The standard InChI is InChI=1S/C19H24N2O5/c1-19(2)10-13(8-9-26-19)20-18(22)16-11-25-17(21-16)12-24-15-6-4-14(23-3)5-7-15/h4-7,11,13H,8-10,12H2,1-3H3,(H,20,22)/t13-/m1/s1. The van der Waals surface area contributed by atoms with Crippen LogP contribution in [-0.2, 0) is 11.3 Å². The van der Waals surface area contributed by atoms with E-state index >= 15 is 0 Å². The number of nitrogens with zero attached hydrogens (tertiary/aromatic N) is 1. The number of oxazole rings is 1. The van der Waals surface area contributed by atoms with Crippen LogP contribution in [0.4, 0.5) is 0 Å². The van der Waals surface area contributed by atoms with E-state index in [1.807, 2.05) is 13.8 Å². The Kier molecular flexibility index (Phi) is 5.46. The van der Waals surface area contributed by atoms with E-state index in [0.717, 1.165) is 18.6 Å². The van der Waals surface area contributed by atoms with E-state index in [0.29, 0.717) is 18.2 Å². The van der Waals surface area contributed by atoms with Crippen LogP contribution in [0.25, 0.3) is 0 Å². The van der Waals surface area contributed by atoms with Crippen molar-refractivity contribution in [3.63, 3.8) is 0 Å². The van der Waals surface area contributed by atoms with Gasteiger partial charge in [0.2, 0.25) is 5.89 Å². The number of hydrogen-bond acceptors (Lipinski definition) is 6. The second-order valence-electron chi connectivity index (χ2n) is 6.86. The van der Waals surface area contributed by atoms with Gasteiger partial charge in [0, 0.05) is 12.6 Å². The number of ether oxygens (including phenoxy) is 3. The number of aromatic nitrogens is 1. The highest BCUT2D eigenvalue weighted by Gasteiger charge is 2.30. The molecule has 7 heteroatoms. The minimum absolute atomic E-state index is 0.0712. The summed E-state index contributed by atoms with van der Waals surface area (Å²) in [7, 11) is 1.61.